The molecule has 1 aliphatic rings. The van der Waals surface area contributed by atoms with E-state index in [-0.39, 0.29) is 17.8 Å². The molecule has 0 aromatic carbocycles. The van der Waals surface area contributed by atoms with Crippen molar-refractivity contribution in [2.24, 2.45) is 5.92 Å². The van der Waals surface area contributed by atoms with Crippen LogP contribution >= 0.6 is 11.3 Å². The predicted molar refractivity (Wildman–Crippen MR) is 90.4 cm³/mol. The number of amides is 1. The number of hydrogen-bond donors (Lipinski definition) is 0. The molecule has 0 spiro atoms. The van der Waals surface area contributed by atoms with Crippen LogP contribution in [0.15, 0.2) is 29.9 Å². The summed E-state index contributed by atoms with van der Waals surface area (Å²) in [5.74, 6) is -0.209. The lowest BCUT2D eigenvalue weighted by atomic mass is 9.97. The summed E-state index contributed by atoms with van der Waals surface area (Å²) in [6.45, 7) is 1.19. The quantitative estimate of drug-likeness (QED) is 0.794. The Morgan fingerprint density at radius 3 is 2.83 bits per heavy atom. The molecule has 1 amide bonds. The minimum Gasteiger partial charge on any atom is -0.469 e. The van der Waals surface area contributed by atoms with Gasteiger partial charge in [0.15, 0.2) is 0 Å². The standard InChI is InChI=1S/C17H19N3O3S/c1-23-17(22)12-4-7-20(8-5-12)15(21)9-14-11-24-16(19-14)13-3-2-6-18-10-13/h2-3,6,10-12H,4-5,7-9H2,1H3. The number of hydrogen-bond acceptors (Lipinski definition) is 6. The fourth-order valence-electron chi connectivity index (χ4n) is 2.81. The fraction of sp³-hybridized carbons (Fsp3) is 0.412. The maximum Gasteiger partial charge on any atom is 0.308 e. The van der Waals surface area contributed by atoms with Crippen LogP contribution in [0, 0.1) is 5.92 Å². The van der Waals surface area contributed by atoms with Crippen LogP contribution in [-0.4, -0.2) is 46.9 Å². The molecule has 6 nitrogen and oxygen atoms in total. The zero-order valence-corrected chi connectivity index (χ0v) is 14.3. The molecular weight excluding hydrogens is 326 g/mol. The summed E-state index contributed by atoms with van der Waals surface area (Å²) in [5.41, 5.74) is 1.74. The first kappa shape index (κ1) is 16.6. The van der Waals surface area contributed by atoms with E-state index in [4.69, 9.17) is 4.74 Å². The summed E-state index contributed by atoms with van der Waals surface area (Å²) in [5, 5.41) is 2.79. The van der Waals surface area contributed by atoms with E-state index in [1.165, 1.54) is 18.4 Å². The smallest absolute Gasteiger partial charge is 0.308 e. The minimum atomic E-state index is -0.178. The average molecular weight is 345 g/mol. The van der Waals surface area contributed by atoms with Gasteiger partial charge in [0.2, 0.25) is 5.91 Å². The topological polar surface area (TPSA) is 72.4 Å². The Morgan fingerprint density at radius 2 is 2.17 bits per heavy atom. The molecule has 1 fully saturated rings. The van der Waals surface area contributed by atoms with Gasteiger partial charge in [0.25, 0.3) is 0 Å². The molecule has 3 rings (SSSR count). The molecule has 0 atom stereocenters. The summed E-state index contributed by atoms with van der Waals surface area (Å²) in [4.78, 5) is 34.4. The average Bonchev–Trinajstić information content (AvgIpc) is 3.10. The molecule has 0 aliphatic carbocycles. The first-order chi connectivity index (χ1) is 11.7. The Kier molecular flexibility index (Phi) is 5.20. The summed E-state index contributed by atoms with van der Waals surface area (Å²) in [7, 11) is 1.40. The van der Waals surface area contributed by atoms with Gasteiger partial charge in [0, 0.05) is 36.4 Å². The number of pyridine rings is 1. The van der Waals surface area contributed by atoms with E-state index in [2.05, 4.69) is 9.97 Å². The van der Waals surface area contributed by atoms with Crippen molar-refractivity contribution in [3.8, 4) is 10.6 Å². The molecule has 0 bridgehead atoms. The van der Waals surface area contributed by atoms with E-state index in [1.54, 1.807) is 12.4 Å². The van der Waals surface area contributed by atoms with Crippen molar-refractivity contribution in [1.82, 2.24) is 14.9 Å². The molecule has 0 radical (unpaired) electrons. The third kappa shape index (κ3) is 3.79. The summed E-state index contributed by atoms with van der Waals surface area (Å²) >= 11 is 1.52. The fourth-order valence-corrected chi connectivity index (χ4v) is 3.62. The Balaban J connectivity index is 1.56. The molecule has 2 aromatic heterocycles. The van der Waals surface area contributed by atoms with Crippen molar-refractivity contribution < 1.29 is 14.3 Å². The van der Waals surface area contributed by atoms with Crippen molar-refractivity contribution in [3.63, 3.8) is 0 Å². The number of ether oxygens (including phenoxy) is 1. The van der Waals surface area contributed by atoms with E-state index in [1.807, 2.05) is 22.4 Å². The highest BCUT2D eigenvalue weighted by Crippen LogP contribution is 2.24. The third-order valence-corrected chi connectivity index (χ3v) is 5.11. The van der Waals surface area contributed by atoms with Crippen molar-refractivity contribution in [2.45, 2.75) is 19.3 Å². The molecule has 2 aromatic rings. The summed E-state index contributed by atoms with van der Waals surface area (Å²) in [6.07, 6.45) is 5.11. The number of esters is 1. The van der Waals surface area contributed by atoms with Gasteiger partial charge in [-0.15, -0.1) is 11.3 Å². The zero-order chi connectivity index (χ0) is 16.9. The Hall–Kier alpha value is -2.28. The van der Waals surface area contributed by atoms with E-state index >= 15 is 0 Å². The van der Waals surface area contributed by atoms with E-state index in [9.17, 15) is 9.59 Å². The molecule has 0 saturated carbocycles. The number of rotatable bonds is 4. The van der Waals surface area contributed by atoms with Gasteiger partial charge in [-0.05, 0) is 25.0 Å². The first-order valence-corrected chi connectivity index (χ1v) is 8.75. The Bertz CT molecular complexity index is 709. The van der Waals surface area contributed by atoms with Crippen LogP contribution in [0.4, 0.5) is 0 Å². The second-order valence-electron chi connectivity index (χ2n) is 5.74. The third-order valence-electron chi connectivity index (χ3n) is 4.17. The van der Waals surface area contributed by atoms with Crippen LogP contribution in [0.3, 0.4) is 0 Å². The monoisotopic (exact) mass is 345 g/mol. The van der Waals surface area contributed by atoms with Crippen LogP contribution < -0.4 is 0 Å². The lowest BCUT2D eigenvalue weighted by Crippen LogP contribution is -2.41. The highest BCUT2D eigenvalue weighted by Gasteiger charge is 2.28. The highest BCUT2D eigenvalue weighted by atomic mass is 32.1. The number of nitrogens with zero attached hydrogens (tertiary/aromatic N) is 3. The number of carbonyl (C=O) groups excluding carboxylic acids is 2. The van der Waals surface area contributed by atoms with Crippen molar-refractivity contribution in [2.75, 3.05) is 20.2 Å². The largest absolute Gasteiger partial charge is 0.469 e. The van der Waals surface area contributed by atoms with Crippen LogP contribution in [-0.2, 0) is 20.7 Å². The van der Waals surface area contributed by atoms with Crippen LogP contribution in [0.5, 0.6) is 0 Å². The Morgan fingerprint density at radius 1 is 1.38 bits per heavy atom. The normalized spacial score (nSPS) is 15.3. The maximum absolute atomic E-state index is 12.4. The van der Waals surface area contributed by atoms with Crippen molar-refractivity contribution in [1.29, 1.82) is 0 Å². The number of thiazole rings is 1. The maximum atomic E-state index is 12.4. The Labute approximate surface area is 144 Å². The molecule has 0 N–H and O–H groups in total. The van der Waals surface area contributed by atoms with Gasteiger partial charge in [0.05, 0.1) is 25.1 Å². The van der Waals surface area contributed by atoms with Gasteiger partial charge in [-0.1, -0.05) is 0 Å². The van der Waals surface area contributed by atoms with Crippen molar-refractivity contribution >= 4 is 23.2 Å². The van der Waals surface area contributed by atoms with Gasteiger partial charge >= 0.3 is 5.97 Å². The molecule has 3 heterocycles. The first-order valence-electron chi connectivity index (χ1n) is 7.88. The number of likely N-dealkylation sites (tertiary alicyclic amines) is 1. The summed E-state index contributed by atoms with van der Waals surface area (Å²) < 4.78 is 4.77. The van der Waals surface area contributed by atoms with Gasteiger partial charge in [-0.2, -0.15) is 0 Å². The van der Waals surface area contributed by atoms with Crippen LogP contribution in [0.25, 0.3) is 10.6 Å². The molecule has 1 aliphatic heterocycles. The van der Waals surface area contributed by atoms with Gasteiger partial charge in [-0.25, -0.2) is 4.98 Å². The van der Waals surface area contributed by atoms with Gasteiger partial charge in [-0.3, -0.25) is 14.6 Å². The van der Waals surface area contributed by atoms with Gasteiger partial charge < -0.3 is 9.64 Å². The SMILES string of the molecule is COC(=O)C1CCN(C(=O)Cc2csc(-c3cccnc3)n2)CC1. The minimum absolute atomic E-state index is 0.0568. The molecule has 0 unspecified atom stereocenters. The molecule has 1 saturated heterocycles. The predicted octanol–water partition coefficient (Wildman–Crippen LogP) is 2.16. The lowest BCUT2D eigenvalue weighted by Gasteiger charge is -2.30. The van der Waals surface area contributed by atoms with E-state index in [0.29, 0.717) is 32.4 Å². The number of methoxy groups -OCH3 is 1. The second-order valence-corrected chi connectivity index (χ2v) is 6.60. The number of aromatic nitrogens is 2. The highest BCUT2D eigenvalue weighted by molar-refractivity contribution is 7.13. The van der Waals surface area contributed by atoms with E-state index in [0.717, 1.165) is 16.3 Å². The van der Waals surface area contributed by atoms with E-state index < -0.39 is 0 Å². The lowest BCUT2D eigenvalue weighted by molar-refractivity contribution is -0.148. The zero-order valence-electron chi connectivity index (χ0n) is 13.5. The number of piperidine rings is 1. The number of carbonyl (C=O) groups is 2. The van der Waals surface area contributed by atoms with Gasteiger partial charge in [0.1, 0.15) is 5.01 Å². The molecule has 126 valence electrons. The summed E-state index contributed by atoms with van der Waals surface area (Å²) in [6, 6.07) is 3.82. The van der Waals surface area contributed by atoms with Crippen molar-refractivity contribution in [3.05, 3.63) is 35.6 Å². The molecule has 24 heavy (non-hydrogen) atoms. The molecule has 7 heteroatoms. The second kappa shape index (κ2) is 7.53. The van der Waals surface area contributed by atoms with Crippen LogP contribution in [0.1, 0.15) is 18.5 Å². The molecular formula is C17H19N3O3S. The van der Waals surface area contributed by atoms with Crippen LogP contribution in [0.2, 0.25) is 0 Å².